The summed E-state index contributed by atoms with van der Waals surface area (Å²) in [6.07, 6.45) is 4.38. The van der Waals surface area contributed by atoms with Crippen molar-refractivity contribution >= 4 is 0 Å². The largest absolute Gasteiger partial charge is 0.497 e. The first-order valence-electron chi connectivity index (χ1n) is 7.45. The van der Waals surface area contributed by atoms with Crippen molar-refractivity contribution in [2.75, 3.05) is 20.3 Å². The molecule has 0 saturated heterocycles. The van der Waals surface area contributed by atoms with Gasteiger partial charge in [-0.2, -0.15) is 0 Å². The number of fused-ring (bicyclic) bond motifs is 1. The van der Waals surface area contributed by atoms with Gasteiger partial charge >= 0.3 is 0 Å². The van der Waals surface area contributed by atoms with Crippen LogP contribution in [0, 0.1) is 5.92 Å². The minimum absolute atomic E-state index is 0.321. The lowest BCUT2D eigenvalue weighted by Gasteiger charge is -2.29. The molecule has 0 spiro atoms. The quantitative estimate of drug-likeness (QED) is 0.880. The van der Waals surface area contributed by atoms with E-state index in [4.69, 9.17) is 9.47 Å². The Morgan fingerprint density at radius 2 is 2.25 bits per heavy atom. The van der Waals surface area contributed by atoms with Crippen LogP contribution in [0.4, 0.5) is 0 Å². The SMILES string of the molecule is COc1ccc2c(c1)OCC(N[C@H]1CC[C@@H](CO)C1)C2. The van der Waals surface area contributed by atoms with Crippen LogP contribution in [0.1, 0.15) is 24.8 Å². The number of aliphatic hydroxyl groups excluding tert-OH is 1. The zero-order valence-electron chi connectivity index (χ0n) is 12.0. The summed E-state index contributed by atoms with van der Waals surface area (Å²) in [5, 5.41) is 12.9. The molecule has 1 aromatic carbocycles. The Kier molecular flexibility index (Phi) is 4.13. The molecule has 1 heterocycles. The Morgan fingerprint density at radius 1 is 1.35 bits per heavy atom. The summed E-state index contributed by atoms with van der Waals surface area (Å²) in [6.45, 7) is 1.03. The fourth-order valence-electron chi connectivity index (χ4n) is 3.31. The summed E-state index contributed by atoms with van der Waals surface area (Å²) in [5.41, 5.74) is 1.24. The first-order valence-corrected chi connectivity index (χ1v) is 7.45. The van der Waals surface area contributed by atoms with Gasteiger partial charge in [0, 0.05) is 24.8 Å². The molecule has 1 saturated carbocycles. The molecule has 2 aliphatic rings. The molecule has 4 heteroatoms. The predicted molar refractivity (Wildman–Crippen MR) is 77.3 cm³/mol. The van der Waals surface area contributed by atoms with Crippen LogP contribution in [0.3, 0.4) is 0 Å². The molecule has 0 amide bonds. The number of methoxy groups -OCH3 is 1. The third-order valence-electron chi connectivity index (χ3n) is 4.45. The Labute approximate surface area is 120 Å². The standard InChI is InChI=1S/C16H23NO3/c1-19-15-5-3-12-7-14(10-20-16(12)8-15)17-13-4-2-11(6-13)9-18/h3,5,8,11,13-14,17-18H,2,4,6-7,9-10H2,1H3/t11-,13+,14?/m1/s1. The van der Waals surface area contributed by atoms with Crippen LogP contribution in [0.15, 0.2) is 18.2 Å². The van der Waals surface area contributed by atoms with Crippen LogP contribution < -0.4 is 14.8 Å². The minimum atomic E-state index is 0.321. The summed E-state index contributed by atoms with van der Waals surface area (Å²) >= 11 is 0. The van der Waals surface area contributed by atoms with E-state index in [1.165, 1.54) is 5.56 Å². The van der Waals surface area contributed by atoms with E-state index in [0.29, 0.717) is 31.2 Å². The van der Waals surface area contributed by atoms with E-state index in [2.05, 4.69) is 11.4 Å². The Morgan fingerprint density at radius 3 is 3.00 bits per heavy atom. The fraction of sp³-hybridized carbons (Fsp3) is 0.625. The molecule has 1 aliphatic heterocycles. The van der Waals surface area contributed by atoms with E-state index >= 15 is 0 Å². The highest BCUT2D eigenvalue weighted by atomic mass is 16.5. The number of aliphatic hydroxyl groups is 1. The molecule has 1 fully saturated rings. The van der Waals surface area contributed by atoms with Crippen LogP contribution in [0.5, 0.6) is 11.5 Å². The molecule has 4 nitrogen and oxygen atoms in total. The Bertz CT molecular complexity index is 463. The summed E-state index contributed by atoms with van der Waals surface area (Å²) < 4.78 is 11.1. The number of nitrogens with one attached hydrogen (secondary N) is 1. The van der Waals surface area contributed by atoms with Crippen molar-refractivity contribution in [1.29, 1.82) is 0 Å². The lowest BCUT2D eigenvalue weighted by molar-refractivity contribution is 0.213. The second kappa shape index (κ2) is 6.02. The van der Waals surface area contributed by atoms with E-state index in [1.54, 1.807) is 7.11 Å². The second-order valence-electron chi connectivity index (χ2n) is 5.91. The van der Waals surface area contributed by atoms with Gasteiger partial charge in [0.25, 0.3) is 0 Å². The first kappa shape index (κ1) is 13.7. The molecule has 1 aromatic rings. The van der Waals surface area contributed by atoms with Gasteiger partial charge in [-0.3, -0.25) is 0 Å². The topological polar surface area (TPSA) is 50.7 Å². The average molecular weight is 277 g/mol. The number of hydrogen-bond donors (Lipinski definition) is 2. The van der Waals surface area contributed by atoms with Crippen LogP contribution in [0.25, 0.3) is 0 Å². The second-order valence-corrected chi connectivity index (χ2v) is 5.91. The van der Waals surface area contributed by atoms with Gasteiger partial charge in [-0.1, -0.05) is 6.07 Å². The maximum atomic E-state index is 9.20. The fourth-order valence-corrected chi connectivity index (χ4v) is 3.31. The van der Waals surface area contributed by atoms with E-state index < -0.39 is 0 Å². The number of hydrogen-bond acceptors (Lipinski definition) is 4. The van der Waals surface area contributed by atoms with Crippen LogP contribution >= 0.6 is 0 Å². The van der Waals surface area contributed by atoms with Crippen molar-refractivity contribution in [3.05, 3.63) is 23.8 Å². The molecule has 1 unspecified atom stereocenters. The van der Waals surface area contributed by atoms with E-state index in [9.17, 15) is 5.11 Å². The van der Waals surface area contributed by atoms with E-state index in [-0.39, 0.29) is 0 Å². The molecule has 0 bridgehead atoms. The maximum absolute atomic E-state index is 9.20. The molecule has 0 aromatic heterocycles. The van der Waals surface area contributed by atoms with Gasteiger partial charge in [0.2, 0.25) is 0 Å². The molecule has 3 rings (SSSR count). The van der Waals surface area contributed by atoms with Crippen molar-refractivity contribution in [2.24, 2.45) is 5.92 Å². The highest BCUT2D eigenvalue weighted by molar-refractivity contribution is 5.42. The smallest absolute Gasteiger partial charge is 0.126 e. The molecule has 1 aliphatic carbocycles. The lowest BCUT2D eigenvalue weighted by Crippen LogP contribution is -2.44. The molecule has 3 atom stereocenters. The van der Waals surface area contributed by atoms with E-state index in [1.807, 2.05) is 12.1 Å². The molecule has 20 heavy (non-hydrogen) atoms. The number of rotatable bonds is 4. The molecule has 2 N–H and O–H groups in total. The lowest BCUT2D eigenvalue weighted by atomic mass is 10.0. The highest BCUT2D eigenvalue weighted by Crippen LogP contribution is 2.30. The van der Waals surface area contributed by atoms with Crippen LogP contribution in [-0.4, -0.2) is 37.5 Å². The Hall–Kier alpha value is -1.26. The zero-order chi connectivity index (χ0) is 13.9. The van der Waals surface area contributed by atoms with E-state index in [0.717, 1.165) is 37.2 Å². The van der Waals surface area contributed by atoms with Crippen LogP contribution in [-0.2, 0) is 6.42 Å². The first-order chi connectivity index (χ1) is 9.78. The van der Waals surface area contributed by atoms with Gasteiger partial charge in [0.05, 0.1) is 7.11 Å². The van der Waals surface area contributed by atoms with Gasteiger partial charge < -0.3 is 19.9 Å². The number of benzene rings is 1. The van der Waals surface area contributed by atoms with Gasteiger partial charge in [-0.15, -0.1) is 0 Å². The zero-order valence-corrected chi connectivity index (χ0v) is 12.0. The van der Waals surface area contributed by atoms with Crippen molar-refractivity contribution in [3.8, 4) is 11.5 Å². The summed E-state index contributed by atoms with van der Waals surface area (Å²) in [6, 6.07) is 6.94. The summed E-state index contributed by atoms with van der Waals surface area (Å²) in [7, 11) is 1.67. The van der Waals surface area contributed by atoms with Gasteiger partial charge in [0.15, 0.2) is 0 Å². The van der Waals surface area contributed by atoms with Crippen molar-refractivity contribution in [3.63, 3.8) is 0 Å². The van der Waals surface area contributed by atoms with Crippen LogP contribution in [0.2, 0.25) is 0 Å². The number of ether oxygens (including phenoxy) is 2. The normalized spacial score (nSPS) is 28.8. The van der Waals surface area contributed by atoms with Crippen molar-refractivity contribution in [2.45, 2.75) is 37.8 Å². The van der Waals surface area contributed by atoms with Crippen molar-refractivity contribution in [1.82, 2.24) is 5.32 Å². The van der Waals surface area contributed by atoms with Gasteiger partial charge in [-0.25, -0.2) is 0 Å². The third-order valence-corrected chi connectivity index (χ3v) is 4.45. The summed E-state index contributed by atoms with van der Waals surface area (Å²) in [4.78, 5) is 0. The maximum Gasteiger partial charge on any atom is 0.126 e. The monoisotopic (exact) mass is 277 g/mol. The average Bonchev–Trinajstić information content (AvgIpc) is 2.94. The third kappa shape index (κ3) is 2.91. The highest BCUT2D eigenvalue weighted by Gasteiger charge is 2.28. The summed E-state index contributed by atoms with van der Waals surface area (Å²) in [5.74, 6) is 2.27. The van der Waals surface area contributed by atoms with Gasteiger partial charge in [0.1, 0.15) is 18.1 Å². The Balaban J connectivity index is 1.59. The molecular formula is C16H23NO3. The predicted octanol–water partition coefficient (Wildman–Crippen LogP) is 1.75. The molecule has 0 radical (unpaired) electrons. The van der Waals surface area contributed by atoms with Gasteiger partial charge in [-0.05, 0) is 43.2 Å². The molecular weight excluding hydrogens is 254 g/mol. The molecule has 110 valence electrons. The minimum Gasteiger partial charge on any atom is -0.497 e. The van der Waals surface area contributed by atoms with Crippen molar-refractivity contribution < 1.29 is 14.6 Å².